The molecule has 0 amide bonds. The van der Waals surface area contributed by atoms with Crippen molar-refractivity contribution in [3.8, 4) is 0 Å². The molecular formula is C20H24N2O4. The van der Waals surface area contributed by atoms with E-state index in [9.17, 15) is 9.59 Å². The predicted octanol–water partition coefficient (Wildman–Crippen LogP) is 2.82. The maximum absolute atomic E-state index is 12.4. The Balaban J connectivity index is 1.97. The molecule has 0 unspecified atom stereocenters. The zero-order valence-electron chi connectivity index (χ0n) is 14.9. The molecule has 6 nitrogen and oxygen atoms in total. The average molecular weight is 356 g/mol. The van der Waals surface area contributed by atoms with Crippen molar-refractivity contribution >= 4 is 17.6 Å². The van der Waals surface area contributed by atoms with Gasteiger partial charge in [0.2, 0.25) is 0 Å². The number of nitrogens with two attached hydrogens (primary N) is 1. The lowest BCUT2D eigenvalue weighted by molar-refractivity contribution is -0.148. The molecule has 2 rings (SSSR count). The molecule has 0 aliphatic rings. The molecular weight excluding hydrogens is 332 g/mol. The van der Waals surface area contributed by atoms with Crippen molar-refractivity contribution in [1.82, 2.24) is 5.32 Å². The summed E-state index contributed by atoms with van der Waals surface area (Å²) in [6, 6.07) is 13.6. The number of carboxylic acids is 1. The summed E-state index contributed by atoms with van der Waals surface area (Å²) in [6.07, 6.45) is 0. The van der Waals surface area contributed by atoms with Crippen LogP contribution in [0.4, 0.5) is 5.69 Å². The minimum absolute atomic E-state index is 0.0257. The zero-order valence-corrected chi connectivity index (χ0v) is 14.9. The van der Waals surface area contributed by atoms with Gasteiger partial charge in [0, 0.05) is 12.2 Å². The normalized spacial score (nSPS) is 12.0. The van der Waals surface area contributed by atoms with Crippen LogP contribution in [-0.2, 0) is 22.7 Å². The van der Waals surface area contributed by atoms with Crippen LogP contribution < -0.4 is 11.1 Å². The number of hydrogen-bond donors (Lipinski definition) is 3. The summed E-state index contributed by atoms with van der Waals surface area (Å²) < 4.78 is 5.41. The van der Waals surface area contributed by atoms with Gasteiger partial charge < -0.3 is 15.6 Å². The van der Waals surface area contributed by atoms with Crippen LogP contribution in [0.1, 0.15) is 35.3 Å². The lowest BCUT2D eigenvalue weighted by atomic mass is 10.0. The summed E-state index contributed by atoms with van der Waals surface area (Å²) in [5.74, 6) is -1.33. The standard InChI is InChI=1S/C20H24N2O4/c1-13(2)18(20(25)26-12-14-6-4-3-5-7-14)22-11-16-9-8-15(19(23)24)10-17(16)21/h3-10,13,18,22H,11-12,21H2,1-2H3,(H,23,24)/t18-/m0/s1. The van der Waals surface area contributed by atoms with E-state index in [4.69, 9.17) is 15.6 Å². The highest BCUT2D eigenvalue weighted by atomic mass is 16.5. The van der Waals surface area contributed by atoms with Crippen LogP contribution in [0.25, 0.3) is 0 Å². The number of benzene rings is 2. The first-order valence-corrected chi connectivity index (χ1v) is 8.44. The van der Waals surface area contributed by atoms with E-state index in [2.05, 4.69) is 5.32 Å². The number of carboxylic acid groups (broad SMARTS) is 1. The van der Waals surface area contributed by atoms with E-state index in [1.807, 2.05) is 44.2 Å². The van der Waals surface area contributed by atoms with E-state index in [-0.39, 0.29) is 24.1 Å². The third kappa shape index (κ3) is 5.32. The van der Waals surface area contributed by atoms with Gasteiger partial charge >= 0.3 is 11.9 Å². The molecule has 0 fully saturated rings. The number of aromatic carboxylic acids is 1. The number of esters is 1. The third-order valence-electron chi connectivity index (χ3n) is 4.05. The van der Waals surface area contributed by atoms with E-state index < -0.39 is 12.0 Å². The summed E-state index contributed by atoms with van der Waals surface area (Å²) in [7, 11) is 0. The van der Waals surface area contributed by atoms with Gasteiger partial charge in [0.15, 0.2) is 0 Å². The number of hydrogen-bond acceptors (Lipinski definition) is 5. The molecule has 0 heterocycles. The molecule has 26 heavy (non-hydrogen) atoms. The van der Waals surface area contributed by atoms with Crippen molar-refractivity contribution in [2.24, 2.45) is 5.92 Å². The number of ether oxygens (including phenoxy) is 1. The number of anilines is 1. The minimum Gasteiger partial charge on any atom is -0.478 e. The molecule has 6 heteroatoms. The van der Waals surface area contributed by atoms with Gasteiger partial charge in [0.1, 0.15) is 12.6 Å². The summed E-state index contributed by atoms with van der Waals surface area (Å²) in [6.45, 7) is 4.42. The maximum Gasteiger partial charge on any atom is 0.335 e. The topological polar surface area (TPSA) is 102 Å². The van der Waals surface area contributed by atoms with E-state index >= 15 is 0 Å². The zero-order chi connectivity index (χ0) is 19.1. The highest BCUT2D eigenvalue weighted by Crippen LogP contribution is 2.16. The quantitative estimate of drug-likeness (QED) is 0.497. The molecule has 2 aromatic carbocycles. The summed E-state index contributed by atoms with van der Waals surface area (Å²) >= 11 is 0. The van der Waals surface area contributed by atoms with Gasteiger partial charge in [-0.05, 0) is 29.2 Å². The number of rotatable bonds is 8. The van der Waals surface area contributed by atoms with Gasteiger partial charge in [0.05, 0.1) is 5.56 Å². The first kappa shape index (κ1) is 19.5. The van der Waals surface area contributed by atoms with Crippen LogP contribution in [0.2, 0.25) is 0 Å². The highest BCUT2D eigenvalue weighted by Gasteiger charge is 2.23. The molecule has 0 aromatic heterocycles. The number of carbonyl (C=O) groups is 2. The highest BCUT2D eigenvalue weighted by molar-refractivity contribution is 5.89. The maximum atomic E-state index is 12.4. The van der Waals surface area contributed by atoms with Gasteiger partial charge in [-0.3, -0.25) is 10.1 Å². The van der Waals surface area contributed by atoms with Crippen molar-refractivity contribution < 1.29 is 19.4 Å². The Morgan fingerprint density at radius 1 is 1.15 bits per heavy atom. The first-order chi connectivity index (χ1) is 12.4. The molecule has 0 radical (unpaired) electrons. The van der Waals surface area contributed by atoms with Crippen molar-refractivity contribution in [3.05, 3.63) is 65.2 Å². The monoisotopic (exact) mass is 356 g/mol. The van der Waals surface area contributed by atoms with Crippen molar-refractivity contribution in [2.45, 2.75) is 33.0 Å². The number of nitrogen functional groups attached to an aromatic ring is 1. The Bertz CT molecular complexity index is 760. The molecule has 0 bridgehead atoms. The van der Waals surface area contributed by atoms with Crippen molar-refractivity contribution in [3.63, 3.8) is 0 Å². The second kappa shape index (κ2) is 9.01. The minimum atomic E-state index is -1.03. The smallest absolute Gasteiger partial charge is 0.335 e. The number of nitrogens with one attached hydrogen (secondary N) is 1. The molecule has 0 spiro atoms. The fourth-order valence-corrected chi connectivity index (χ4v) is 2.52. The Labute approximate surface area is 153 Å². The van der Waals surface area contributed by atoms with Crippen LogP contribution in [0.3, 0.4) is 0 Å². The molecule has 0 aliphatic heterocycles. The van der Waals surface area contributed by atoms with E-state index in [1.165, 1.54) is 12.1 Å². The predicted molar refractivity (Wildman–Crippen MR) is 99.5 cm³/mol. The molecule has 0 aliphatic carbocycles. The summed E-state index contributed by atoms with van der Waals surface area (Å²) in [4.78, 5) is 23.4. The second-order valence-corrected chi connectivity index (χ2v) is 6.41. The number of carbonyl (C=O) groups excluding carboxylic acids is 1. The summed E-state index contributed by atoms with van der Waals surface area (Å²) in [5.41, 5.74) is 8.08. The molecule has 4 N–H and O–H groups in total. The van der Waals surface area contributed by atoms with Gasteiger partial charge in [0.25, 0.3) is 0 Å². The van der Waals surface area contributed by atoms with Crippen LogP contribution >= 0.6 is 0 Å². The van der Waals surface area contributed by atoms with Gasteiger partial charge in [-0.1, -0.05) is 50.2 Å². The third-order valence-corrected chi connectivity index (χ3v) is 4.05. The first-order valence-electron chi connectivity index (χ1n) is 8.44. The molecule has 0 saturated carbocycles. The van der Waals surface area contributed by atoms with Crippen molar-refractivity contribution in [1.29, 1.82) is 0 Å². The lowest BCUT2D eigenvalue weighted by Crippen LogP contribution is -2.41. The van der Waals surface area contributed by atoms with Gasteiger partial charge in [-0.2, -0.15) is 0 Å². The largest absolute Gasteiger partial charge is 0.478 e. The van der Waals surface area contributed by atoms with Crippen molar-refractivity contribution in [2.75, 3.05) is 5.73 Å². The fraction of sp³-hybridized carbons (Fsp3) is 0.300. The van der Waals surface area contributed by atoms with E-state index in [1.54, 1.807) is 6.07 Å². The lowest BCUT2D eigenvalue weighted by Gasteiger charge is -2.21. The molecule has 1 atom stereocenters. The van der Waals surface area contributed by atoms with Crippen LogP contribution in [0.5, 0.6) is 0 Å². The SMILES string of the molecule is CC(C)[C@H](NCc1ccc(C(=O)O)cc1N)C(=O)OCc1ccccc1. The van der Waals surface area contributed by atoms with Gasteiger partial charge in [-0.25, -0.2) is 4.79 Å². The van der Waals surface area contributed by atoms with E-state index in [0.29, 0.717) is 12.2 Å². The fourth-order valence-electron chi connectivity index (χ4n) is 2.52. The molecule has 138 valence electrons. The second-order valence-electron chi connectivity index (χ2n) is 6.41. The van der Waals surface area contributed by atoms with Gasteiger partial charge in [-0.15, -0.1) is 0 Å². The van der Waals surface area contributed by atoms with Crippen LogP contribution in [0.15, 0.2) is 48.5 Å². The average Bonchev–Trinajstić information content (AvgIpc) is 2.61. The Morgan fingerprint density at radius 2 is 1.85 bits per heavy atom. The Kier molecular flexibility index (Phi) is 6.74. The molecule has 0 saturated heterocycles. The Hall–Kier alpha value is -2.86. The Morgan fingerprint density at radius 3 is 2.42 bits per heavy atom. The summed E-state index contributed by atoms with van der Waals surface area (Å²) in [5, 5.41) is 12.1. The van der Waals surface area contributed by atoms with E-state index in [0.717, 1.165) is 11.1 Å². The molecule has 2 aromatic rings. The van der Waals surface area contributed by atoms with Crippen LogP contribution in [-0.4, -0.2) is 23.1 Å². The van der Waals surface area contributed by atoms with Crippen LogP contribution in [0, 0.1) is 5.92 Å².